The largest absolute Gasteiger partial charge is 0.368 e. The molecule has 2 aromatic carbocycles. The van der Waals surface area contributed by atoms with Crippen LogP contribution in [0.1, 0.15) is 27.7 Å². The summed E-state index contributed by atoms with van der Waals surface area (Å²) in [7, 11) is 0. The van der Waals surface area contributed by atoms with E-state index < -0.39 is 0 Å². The topological polar surface area (TPSA) is 55.8 Å². The van der Waals surface area contributed by atoms with Gasteiger partial charge in [-0.15, -0.1) is 11.3 Å². The van der Waals surface area contributed by atoms with Crippen molar-refractivity contribution in [2.45, 2.75) is 26.8 Å². The van der Waals surface area contributed by atoms with Crippen molar-refractivity contribution in [2.24, 2.45) is 0 Å². The molecule has 0 N–H and O–H groups in total. The minimum Gasteiger partial charge on any atom is -0.368 e. The second-order valence-electron chi connectivity index (χ2n) is 10.4. The molecule has 0 bridgehead atoms. The molecule has 6 rings (SSSR count). The number of carbonyl (C=O) groups is 1. The maximum Gasteiger partial charge on any atom is 0.264 e. The van der Waals surface area contributed by atoms with E-state index in [1.807, 2.05) is 4.90 Å². The third-order valence-corrected chi connectivity index (χ3v) is 9.07. The van der Waals surface area contributed by atoms with Crippen LogP contribution in [-0.4, -0.2) is 72.6 Å². The van der Waals surface area contributed by atoms with Crippen molar-refractivity contribution >= 4 is 44.7 Å². The number of thiophene rings is 1. The second-order valence-corrected chi connectivity index (χ2v) is 11.4. The van der Waals surface area contributed by atoms with Gasteiger partial charge >= 0.3 is 0 Å². The fourth-order valence-electron chi connectivity index (χ4n) is 5.72. The Bertz CT molecular complexity index is 1430. The first-order chi connectivity index (χ1) is 18.5. The summed E-state index contributed by atoms with van der Waals surface area (Å²) in [5.41, 5.74) is 4.75. The molecular weight excluding hydrogens is 492 g/mol. The Morgan fingerprint density at radius 1 is 0.842 bits per heavy atom. The minimum atomic E-state index is 0.112. The molecule has 0 radical (unpaired) electrons. The van der Waals surface area contributed by atoms with Gasteiger partial charge in [0.2, 0.25) is 0 Å². The van der Waals surface area contributed by atoms with Gasteiger partial charge < -0.3 is 19.6 Å². The average Bonchev–Trinajstić information content (AvgIpc) is 3.30. The first kappa shape index (κ1) is 24.7. The Morgan fingerprint density at radius 2 is 1.55 bits per heavy atom. The third kappa shape index (κ3) is 4.58. The molecule has 8 heteroatoms. The molecule has 2 saturated heterocycles. The van der Waals surface area contributed by atoms with E-state index in [9.17, 15) is 4.79 Å². The van der Waals surface area contributed by atoms with Crippen LogP contribution in [0.5, 0.6) is 0 Å². The van der Waals surface area contributed by atoms with Gasteiger partial charge in [-0.05, 0) is 50.6 Å². The summed E-state index contributed by atoms with van der Waals surface area (Å²) in [6.45, 7) is 12.3. The lowest BCUT2D eigenvalue weighted by molar-refractivity contribution is 0.0730. The molecule has 0 saturated carbocycles. The highest BCUT2D eigenvalue weighted by Gasteiger charge is 2.31. The molecule has 2 aliphatic heterocycles. The summed E-state index contributed by atoms with van der Waals surface area (Å²) in [6.07, 6.45) is 1.65. The number of rotatable bonds is 4. The zero-order valence-electron chi connectivity index (χ0n) is 22.3. The Kier molecular flexibility index (Phi) is 6.66. The van der Waals surface area contributed by atoms with E-state index in [2.05, 4.69) is 95.1 Å². The van der Waals surface area contributed by atoms with Gasteiger partial charge in [0.1, 0.15) is 17.0 Å². The summed E-state index contributed by atoms with van der Waals surface area (Å²) in [6, 6.07) is 19.5. The molecule has 2 aliphatic rings. The molecule has 4 heterocycles. The van der Waals surface area contributed by atoms with Crippen LogP contribution in [0.3, 0.4) is 0 Å². The molecule has 2 fully saturated rings. The molecule has 2 aromatic heterocycles. The SMILES string of the molecule is Cc1ccc(N2CCN(C(=O)c3sc4ncnc(N5CCN(c6ccccc6)CC5)c4c3C)CC2C)cc1. The highest BCUT2D eigenvalue weighted by Crippen LogP contribution is 2.36. The number of para-hydroxylation sites is 1. The fraction of sp³-hybridized carbons (Fsp3) is 0.367. The van der Waals surface area contributed by atoms with Crippen LogP contribution in [0.25, 0.3) is 10.2 Å². The van der Waals surface area contributed by atoms with Gasteiger partial charge in [-0.3, -0.25) is 4.79 Å². The normalized spacial score (nSPS) is 18.3. The van der Waals surface area contributed by atoms with Crippen LogP contribution < -0.4 is 14.7 Å². The van der Waals surface area contributed by atoms with Crippen molar-refractivity contribution in [1.29, 1.82) is 0 Å². The fourth-order valence-corrected chi connectivity index (χ4v) is 6.83. The maximum absolute atomic E-state index is 13.8. The van der Waals surface area contributed by atoms with Crippen molar-refractivity contribution in [1.82, 2.24) is 14.9 Å². The van der Waals surface area contributed by atoms with Gasteiger partial charge in [0.15, 0.2) is 0 Å². The Hall–Kier alpha value is -3.65. The molecule has 38 heavy (non-hydrogen) atoms. The summed E-state index contributed by atoms with van der Waals surface area (Å²) in [5, 5.41) is 1.03. The number of piperazine rings is 2. The van der Waals surface area contributed by atoms with E-state index in [1.165, 1.54) is 28.3 Å². The third-order valence-electron chi connectivity index (χ3n) is 7.88. The monoisotopic (exact) mass is 526 g/mol. The molecule has 4 aromatic rings. The number of aryl methyl sites for hydroxylation is 2. The molecule has 0 aliphatic carbocycles. The molecule has 1 amide bonds. The smallest absolute Gasteiger partial charge is 0.264 e. The number of nitrogens with zero attached hydrogens (tertiary/aromatic N) is 6. The zero-order valence-corrected chi connectivity index (χ0v) is 23.1. The Labute approximate surface area is 228 Å². The van der Waals surface area contributed by atoms with E-state index in [-0.39, 0.29) is 11.9 Å². The lowest BCUT2D eigenvalue weighted by Gasteiger charge is -2.41. The zero-order chi connectivity index (χ0) is 26.2. The Morgan fingerprint density at radius 3 is 2.26 bits per heavy atom. The van der Waals surface area contributed by atoms with Crippen molar-refractivity contribution in [3.8, 4) is 0 Å². The summed E-state index contributed by atoms with van der Waals surface area (Å²) in [4.78, 5) is 33.9. The van der Waals surface area contributed by atoms with Crippen LogP contribution in [0.2, 0.25) is 0 Å². The quantitative estimate of drug-likeness (QED) is 0.374. The maximum atomic E-state index is 13.8. The number of anilines is 3. The molecule has 7 nitrogen and oxygen atoms in total. The van der Waals surface area contributed by atoms with Gasteiger partial charge in [-0.2, -0.15) is 0 Å². The van der Waals surface area contributed by atoms with Gasteiger partial charge in [0, 0.05) is 63.2 Å². The van der Waals surface area contributed by atoms with Gasteiger partial charge in [0.05, 0.1) is 10.3 Å². The van der Waals surface area contributed by atoms with Crippen LogP contribution in [0.4, 0.5) is 17.2 Å². The van der Waals surface area contributed by atoms with E-state index in [4.69, 9.17) is 4.98 Å². The predicted molar refractivity (Wildman–Crippen MR) is 157 cm³/mol. The highest BCUT2D eigenvalue weighted by atomic mass is 32.1. The molecule has 1 unspecified atom stereocenters. The van der Waals surface area contributed by atoms with Crippen molar-refractivity contribution in [3.63, 3.8) is 0 Å². The van der Waals surface area contributed by atoms with E-state index in [1.54, 1.807) is 6.33 Å². The first-order valence-corrected chi connectivity index (χ1v) is 14.2. The molecule has 1 atom stereocenters. The molecule has 0 spiro atoms. The van der Waals surface area contributed by atoms with Gasteiger partial charge in [-0.25, -0.2) is 9.97 Å². The number of aromatic nitrogens is 2. The van der Waals surface area contributed by atoms with E-state index in [0.29, 0.717) is 13.1 Å². The van der Waals surface area contributed by atoms with E-state index in [0.717, 1.165) is 59.2 Å². The minimum absolute atomic E-state index is 0.112. The lowest BCUT2D eigenvalue weighted by atomic mass is 10.1. The molecular formula is C30H34N6OS. The van der Waals surface area contributed by atoms with Crippen LogP contribution in [-0.2, 0) is 0 Å². The number of hydrogen-bond donors (Lipinski definition) is 0. The lowest BCUT2D eigenvalue weighted by Crippen LogP contribution is -2.53. The van der Waals surface area contributed by atoms with Crippen molar-refractivity contribution < 1.29 is 4.79 Å². The van der Waals surface area contributed by atoms with Crippen molar-refractivity contribution in [3.05, 3.63) is 76.9 Å². The number of benzene rings is 2. The predicted octanol–water partition coefficient (Wildman–Crippen LogP) is 4.99. The number of fused-ring (bicyclic) bond motifs is 1. The average molecular weight is 527 g/mol. The molecule has 196 valence electrons. The Balaban J connectivity index is 1.19. The first-order valence-electron chi connectivity index (χ1n) is 13.4. The van der Waals surface area contributed by atoms with Gasteiger partial charge in [-0.1, -0.05) is 35.9 Å². The van der Waals surface area contributed by atoms with Crippen molar-refractivity contribution in [2.75, 3.05) is 60.5 Å². The number of amides is 1. The number of carbonyl (C=O) groups excluding carboxylic acids is 1. The second kappa shape index (κ2) is 10.3. The standard InChI is InChI=1S/C30H34N6OS/c1-21-9-11-25(12-10-21)36-18-17-35(19-22(36)2)30(37)27-23(3)26-28(31-20-32-29(26)38-27)34-15-13-33(14-16-34)24-7-5-4-6-8-24/h4-12,20,22H,13-19H2,1-3H3. The summed E-state index contributed by atoms with van der Waals surface area (Å²) in [5.74, 6) is 1.06. The van der Waals surface area contributed by atoms with E-state index >= 15 is 0 Å². The van der Waals surface area contributed by atoms with Crippen LogP contribution in [0.15, 0.2) is 60.9 Å². The summed E-state index contributed by atoms with van der Waals surface area (Å²) < 4.78 is 0. The number of hydrogen-bond acceptors (Lipinski definition) is 7. The van der Waals surface area contributed by atoms with Crippen LogP contribution >= 0.6 is 11.3 Å². The summed E-state index contributed by atoms with van der Waals surface area (Å²) >= 11 is 1.51. The highest BCUT2D eigenvalue weighted by molar-refractivity contribution is 7.20. The van der Waals surface area contributed by atoms with Crippen LogP contribution in [0, 0.1) is 13.8 Å². The van der Waals surface area contributed by atoms with Gasteiger partial charge in [0.25, 0.3) is 5.91 Å².